The van der Waals surface area contributed by atoms with E-state index in [1.807, 2.05) is 0 Å². The lowest BCUT2D eigenvalue weighted by Gasteiger charge is -2.10. The van der Waals surface area contributed by atoms with E-state index >= 15 is 0 Å². The Morgan fingerprint density at radius 3 is 2.00 bits per heavy atom. The summed E-state index contributed by atoms with van der Waals surface area (Å²) in [5, 5.41) is 0. The van der Waals surface area contributed by atoms with Gasteiger partial charge in [0.15, 0.2) is 0 Å². The van der Waals surface area contributed by atoms with Crippen LogP contribution in [0.15, 0.2) is 0 Å². The SMILES string of the molecule is CCCCCCCC(=O)OCCOCCOCCOCC(C)CC. The van der Waals surface area contributed by atoms with Gasteiger partial charge in [0.05, 0.1) is 33.0 Å². The van der Waals surface area contributed by atoms with Crippen LogP contribution in [0.1, 0.15) is 65.7 Å². The van der Waals surface area contributed by atoms with Gasteiger partial charge in [0.2, 0.25) is 0 Å². The summed E-state index contributed by atoms with van der Waals surface area (Å²) in [5.41, 5.74) is 0. The van der Waals surface area contributed by atoms with Gasteiger partial charge in [0.1, 0.15) is 6.61 Å². The van der Waals surface area contributed by atoms with E-state index in [0.717, 1.165) is 25.9 Å². The number of unbranched alkanes of at least 4 members (excludes halogenated alkanes) is 4. The first kappa shape index (κ1) is 23.4. The predicted molar refractivity (Wildman–Crippen MR) is 96.2 cm³/mol. The average molecular weight is 347 g/mol. The molecule has 0 aromatic carbocycles. The molecule has 0 fully saturated rings. The van der Waals surface area contributed by atoms with Gasteiger partial charge in [-0.3, -0.25) is 4.79 Å². The summed E-state index contributed by atoms with van der Waals surface area (Å²) in [4.78, 5) is 11.5. The predicted octanol–water partition coefficient (Wildman–Crippen LogP) is 3.99. The summed E-state index contributed by atoms with van der Waals surface area (Å²) < 4.78 is 21.4. The summed E-state index contributed by atoms with van der Waals surface area (Å²) in [6.45, 7) is 10.3. The normalized spacial score (nSPS) is 12.3. The molecule has 0 heterocycles. The maximum Gasteiger partial charge on any atom is 0.305 e. The van der Waals surface area contributed by atoms with Crippen molar-refractivity contribution in [2.75, 3.05) is 46.2 Å². The third kappa shape index (κ3) is 17.7. The van der Waals surface area contributed by atoms with Gasteiger partial charge in [-0.05, 0) is 12.3 Å². The molecule has 0 N–H and O–H groups in total. The zero-order chi connectivity index (χ0) is 17.9. The number of hydrogen-bond donors (Lipinski definition) is 0. The number of ether oxygens (including phenoxy) is 4. The van der Waals surface area contributed by atoms with Gasteiger partial charge in [0.25, 0.3) is 0 Å². The summed E-state index contributed by atoms with van der Waals surface area (Å²) in [6.07, 6.45) is 7.35. The Morgan fingerprint density at radius 1 is 0.792 bits per heavy atom. The monoisotopic (exact) mass is 346 g/mol. The molecule has 144 valence electrons. The van der Waals surface area contributed by atoms with Crippen LogP contribution in [0.3, 0.4) is 0 Å². The van der Waals surface area contributed by atoms with Crippen LogP contribution in [0.25, 0.3) is 0 Å². The molecule has 0 radical (unpaired) electrons. The highest BCUT2D eigenvalue weighted by molar-refractivity contribution is 5.69. The molecule has 0 aromatic rings. The second-order valence-electron chi connectivity index (χ2n) is 6.20. The zero-order valence-electron chi connectivity index (χ0n) is 16.0. The Bertz CT molecular complexity index is 270. The molecule has 0 aliphatic carbocycles. The summed E-state index contributed by atoms with van der Waals surface area (Å²) in [7, 11) is 0. The fraction of sp³-hybridized carbons (Fsp3) is 0.947. The van der Waals surface area contributed by atoms with Crippen LogP contribution in [0.5, 0.6) is 0 Å². The van der Waals surface area contributed by atoms with E-state index in [2.05, 4.69) is 20.8 Å². The van der Waals surface area contributed by atoms with E-state index in [9.17, 15) is 4.79 Å². The first-order valence-corrected chi connectivity index (χ1v) is 9.59. The number of carbonyl (C=O) groups excluding carboxylic acids is 1. The van der Waals surface area contributed by atoms with Crippen molar-refractivity contribution in [1.82, 2.24) is 0 Å². The quantitative estimate of drug-likeness (QED) is 0.277. The highest BCUT2D eigenvalue weighted by atomic mass is 16.6. The third-order valence-corrected chi connectivity index (χ3v) is 3.82. The summed E-state index contributed by atoms with van der Waals surface area (Å²) in [5.74, 6) is 0.484. The summed E-state index contributed by atoms with van der Waals surface area (Å²) in [6, 6.07) is 0. The van der Waals surface area contributed by atoms with Crippen molar-refractivity contribution in [1.29, 1.82) is 0 Å². The molecule has 0 amide bonds. The van der Waals surface area contributed by atoms with Crippen molar-refractivity contribution < 1.29 is 23.7 Å². The van der Waals surface area contributed by atoms with Crippen molar-refractivity contribution in [3.8, 4) is 0 Å². The highest BCUT2D eigenvalue weighted by Crippen LogP contribution is 2.05. The molecular weight excluding hydrogens is 308 g/mol. The molecule has 0 saturated carbocycles. The van der Waals surface area contributed by atoms with E-state index in [4.69, 9.17) is 18.9 Å². The van der Waals surface area contributed by atoms with Crippen LogP contribution >= 0.6 is 0 Å². The van der Waals surface area contributed by atoms with Gasteiger partial charge in [-0.1, -0.05) is 52.9 Å². The van der Waals surface area contributed by atoms with E-state index < -0.39 is 0 Å². The number of rotatable bonds is 18. The van der Waals surface area contributed by atoms with Crippen LogP contribution in [-0.2, 0) is 23.7 Å². The van der Waals surface area contributed by atoms with Crippen LogP contribution in [-0.4, -0.2) is 52.2 Å². The van der Waals surface area contributed by atoms with Crippen molar-refractivity contribution >= 4 is 5.97 Å². The smallest absolute Gasteiger partial charge is 0.305 e. The average Bonchev–Trinajstić information content (AvgIpc) is 2.59. The third-order valence-electron chi connectivity index (χ3n) is 3.82. The van der Waals surface area contributed by atoms with Gasteiger partial charge in [0, 0.05) is 13.0 Å². The molecule has 0 rings (SSSR count). The molecule has 1 atom stereocenters. The molecule has 1 unspecified atom stereocenters. The molecule has 0 saturated heterocycles. The molecule has 5 heteroatoms. The van der Waals surface area contributed by atoms with E-state index in [0.29, 0.717) is 52.0 Å². The Kier molecular flexibility index (Phi) is 18.2. The molecular formula is C19H38O5. The molecule has 5 nitrogen and oxygen atoms in total. The second-order valence-corrected chi connectivity index (χ2v) is 6.20. The van der Waals surface area contributed by atoms with Crippen molar-refractivity contribution in [3.05, 3.63) is 0 Å². The minimum absolute atomic E-state index is 0.121. The first-order chi connectivity index (χ1) is 11.7. The van der Waals surface area contributed by atoms with Crippen LogP contribution in [0.2, 0.25) is 0 Å². The number of esters is 1. The van der Waals surface area contributed by atoms with Crippen molar-refractivity contribution in [3.63, 3.8) is 0 Å². The van der Waals surface area contributed by atoms with E-state index in [1.165, 1.54) is 19.3 Å². The maximum absolute atomic E-state index is 11.5. The Hall–Kier alpha value is -0.650. The van der Waals surface area contributed by atoms with E-state index in [1.54, 1.807) is 0 Å². The van der Waals surface area contributed by atoms with Crippen molar-refractivity contribution in [2.45, 2.75) is 65.7 Å². The van der Waals surface area contributed by atoms with Crippen LogP contribution < -0.4 is 0 Å². The van der Waals surface area contributed by atoms with Gasteiger partial charge >= 0.3 is 5.97 Å². The molecule has 0 spiro atoms. The van der Waals surface area contributed by atoms with Gasteiger partial charge in [-0.25, -0.2) is 0 Å². The van der Waals surface area contributed by atoms with Gasteiger partial charge in [-0.2, -0.15) is 0 Å². The molecule has 0 bridgehead atoms. The molecule has 24 heavy (non-hydrogen) atoms. The minimum Gasteiger partial charge on any atom is -0.463 e. The van der Waals surface area contributed by atoms with Crippen LogP contribution in [0.4, 0.5) is 0 Å². The fourth-order valence-corrected chi connectivity index (χ4v) is 2.00. The largest absolute Gasteiger partial charge is 0.463 e. The van der Waals surface area contributed by atoms with E-state index in [-0.39, 0.29) is 5.97 Å². The molecule has 0 aromatic heterocycles. The minimum atomic E-state index is -0.121. The Labute approximate surface area is 148 Å². The summed E-state index contributed by atoms with van der Waals surface area (Å²) >= 11 is 0. The molecule has 0 aliphatic heterocycles. The maximum atomic E-state index is 11.5. The lowest BCUT2D eigenvalue weighted by Crippen LogP contribution is -2.14. The van der Waals surface area contributed by atoms with Gasteiger partial charge < -0.3 is 18.9 Å². The lowest BCUT2D eigenvalue weighted by atomic mass is 10.1. The zero-order valence-corrected chi connectivity index (χ0v) is 16.0. The lowest BCUT2D eigenvalue weighted by molar-refractivity contribution is -0.145. The first-order valence-electron chi connectivity index (χ1n) is 9.59. The fourth-order valence-electron chi connectivity index (χ4n) is 2.00. The Morgan fingerprint density at radius 2 is 1.38 bits per heavy atom. The Balaban J connectivity index is 3.15. The number of hydrogen-bond acceptors (Lipinski definition) is 5. The second kappa shape index (κ2) is 18.7. The number of carbonyl (C=O) groups is 1. The molecule has 0 aliphatic rings. The van der Waals surface area contributed by atoms with Crippen LogP contribution in [0, 0.1) is 5.92 Å². The van der Waals surface area contributed by atoms with Crippen molar-refractivity contribution in [2.24, 2.45) is 5.92 Å². The highest BCUT2D eigenvalue weighted by Gasteiger charge is 2.02. The van der Waals surface area contributed by atoms with Gasteiger partial charge in [-0.15, -0.1) is 0 Å². The topological polar surface area (TPSA) is 54.0 Å². The standard InChI is InChI=1S/C19H38O5/c1-4-6-7-8-9-10-19(20)24-16-15-22-12-11-21-13-14-23-17-18(3)5-2/h18H,4-17H2,1-3H3.